The zero-order chi connectivity index (χ0) is 18.6. The maximum absolute atomic E-state index is 12.0. The Balaban J connectivity index is 4.04. The topological polar surface area (TPSA) is 66.4 Å². The largest absolute Gasteiger partial charge is 0.550 e. The van der Waals surface area contributed by atoms with Gasteiger partial charge in [-0.3, -0.25) is 4.79 Å². The summed E-state index contributed by atoms with van der Waals surface area (Å²) in [5.74, 6) is -0.852. The maximum Gasteiger partial charge on any atom is 0.306 e. The van der Waals surface area contributed by atoms with Crippen LogP contribution in [0.15, 0.2) is 0 Å². The van der Waals surface area contributed by atoms with E-state index in [1.807, 2.05) is 21.1 Å². The van der Waals surface area contributed by atoms with Crippen molar-refractivity contribution in [2.75, 3.05) is 27.7 Å². The lowest BCUT2D eigenvalue weighted by Gasteiger charge is -2.29. The molecular formula is C19H37NO4. The summed E-state index contributed by atoms with van der Waals surface area (Å²) in [5.41, 5.74) is 0. The lowest BCUT2D eigenvalue weighted by atomic mass is 9.97. The molecule has 5 heteroatoms. The Morgan fingerprint density at radius 3 is 2.21 bits per heavy atom. The van der Waals surface area contributed by atoms with Gasteiger partial charge in [0.25, 0.3) is 0 Å². The Morgan fingerprint density at radius 2 is 1.67 bits per heavy atom. The number of aliphatic carboxylic acids is 1. The van der Waals surface area contributed by atoms with Crippen LogP contribution >= 0.6 is 0 Å². The molecule has 2 unspecified atom stereocenters. The molecule has 0 amide bonds. The smallest absolute Gasteiger partial charge is 0.306 e. The van der Waals surface area contributed by atoms with Crippen LogP contribution in [0.25, 0.3) is 0 Å². The van der Waals surface area contributed by atoms with Gasteiger partial charge in [-0.05, 0) is 12.3 Å². The van der Waals surface area contributed by atoms with E-state index in [4.69, 9.17) is 4.74 Å². The molecule has 5 nitrogen and oxygen atoms in total. The van der Waals surface area contributed by atoms with E-state index in [1.165, 1.54) is 32.1 Å². The number of quaternary nitrogens is 1. The second kappa shape index (κ2) is 12.3. The number of unbranched alkanes of at least 4 members (excludes halogenated alkanes) is 3. The van der Waals surface area contributed by atoms with E-state index in [2.05, 4.69) is 13.8 Å². The van der Waals surface area contributed by atoms with Crippen LogP contribution in [-0.4, -0.2) is 50.2 Å². The van der Waals surface area contributed by atoms with Gasteiger partial charge in [0.1, 0.15) is 6.54 Å². The van der Waals surface area contributed by atoms with Crippen molar-refractivity contribution in [1.82, 2.24) is 0 Å². The molecule has 0 aliphatic carbocycles. The van der Waals surface area contributed by atoms with Crippen molar-refractivity contribution in [3.8, 4) is 0 Å². The monoisotopic (exact) mass is 343 g/mol. The summed E-state index contributed by atoms with van der Waals surface area (Å²) < 4.78 is 5.90. The molecule has 0 radical (unpaired) electrons. The van der Waals surface area contributed by atoms with Gasteiger partial charge in [0.15, 0.2) is 6.10 Å². The molecule has 0 saturated heterocycles. The van der Waals surface area contributed by atoms with Gasteiger partial charge in [0.05, 0.1) is 21.1 Å². The fourth-order valence-electron chi connectivity index (χ4n) is 2.84. The standard InChI is InChI=1S/C19H37NO4/c1-6-7-8-9-11-16(2)12-10-13-19(23)24-17(14-18(21)22)15-20(3,4)5/h16-17H,6-15H2,1-5H3. The summed E-state index contributed by atoms with van der Waals surface area (Å²) in [6.45, 7) is 4.90. The van der Waals surface area contributed by atoms with Crippen LogP contribution in [-0.2, 0) is 14.3 Å². The van der Waals surface area contributed by atoms with Gasteiger partial charge in [-0.1, -0.05) is 52.4 Å². The van der Waals surface area contributed by atoms with Crippen molar-refractivity contribution < 1.29 is 23.9 Å². The Hall–Kier alpha value is -1.10. The summed E-state index contributed by atoms with van der Waals surface area (Å²) in [4.78, 5) is 22.8. The van der Waals surface area contributed by atoms with E-state index in [1.54, 1.807) is 0 Å². The first-order chi connectivity index (χ1) is 11.1. The molecule has 0 aromatic rings. The van der Waals surface area contributed by atoms with Gasteiger partial charge in [-0.2, -0.15) is 0 Å². The average molecular weight is 344 g/mol. The van der Waals surface area contributed by atoms with Crippen LogP contribution in [0.3, 0.4) is 0 Å². The number of likely N-dealkylation sites (N-methyl/N-ethyl adjacent to an activating group) is 1. The zero-order valence-electron chi connectivity index (χ0n) is 16.3. The van der Waals surface area contributed by atoms with E-state index >= 15 is 0 Å². The molecule has 24 heavy (non-hydrogen) atoms. The van der Waals surface area contributed by atoms with Crippen molar-refractivity contribution in [2.45, 2.75) is 77.7 Å². The van der Waals surface area contributed by atoms with Crippen LogP contribution in [0, 0.1) is 5.92 Å². The van der Waals surface area contributed by atoms with Crippen molar-refractivity contribution in [1.29, 1.82) is 0 Å². The lowest BCUT2D eigenvalue weighted by molar-refractivity contribution is -0.873. The number of carboxylic acid groups (broad SMARTS) is 1. The summed E-state index contributed by atoms with van der Waals surface area (Å²) in [6.07, 6.45) is 7.63. The van der Waals surface area contributed by atoms with Crippen LogP contribution in [0.4, 0.5) is 0 Å². The normalized spacial score (nSPS) is 14.2. The molecule has 0 rings (SSSR count). The molecule has 142 valence electrons. The number of nitrogens with zero attached hydrogens (tertiary/aromatic N) is 1. The Kier molecular flexibility index (Phi) is 11.7. The number of ether oxygens (including phenoxy) is 1. The van der Waals surface area contributed by atoms with Gasteiger partial charge in [-0.25, -0.2) is 0 Å². The van der Waals surface area contributed by atoms with Gasteiger partial charge in [0, 0.05) is 18.8 Å². The van der Waals surface area contributed by atoms with Gasteiger partial charge >= 0.3 is 5.97 Å². The summed E-state index contributed by atoms with van der Waals surface area (Å²) in [5, 5.41) is 10.8. The molecule has 0 aliphatic rings. The summed E-state index contributed by atoms with van der Waals surface area (Å²) in [7, 11) is 5.82. The molecule has 0 bridgehead atoms. The molecule has 0 heterocycles. The van der Waals surface area contributed by atoms with Crippen LogP contribution < -0.4 is 5.11 Å². The number of carbonyl (C=O) groups excluding carboxylic acids is 2. The fraction of sp³-hybridized carbons (Fsp3) is 0.895. The fourth-order valence-corrected chi connectivity index (χ4v) is 2.84. The van der Waals surface area contributed by atoms with Crippen LogP contribution in [0.5, 0.6) is 0 Å². The highest BCUT2D eigenvalue weighted by Crippen LogP contribution is 2.17. The van der Waals surface area contributed by atoms with Crippen molar-refractivity contribution >= 4 is 11.9 Å². The second-order valence-electron chi connectivity index (χ2n) is 8.01. The molecular weight excluding hydrogens is 306 g/mol. The van der Waals surface area contributed by atoms with Crippen molar-refractivity contribution in [3.63, 3.8) is 0 Å². The number of carbonyl (C=O) groups is 2. The van der Waals surface area contributed by atoms with Crippen molar-refractivity contribution in [2.24, 2.45) is 5.92 Å². The minimum Gasteiger partial charge on any atom is -0.550 e. The van der Waals surface area contributed by atoms with Gasteiger partial charge in [-0.15, -0.1) is 0 Å². The molecule has 0 spiro atoms. The lowest BCUT2D eigenvalue weighted by Crippen LogP contribution is -2.45. The van der Waals surface area contributed by atoms with E-state index in [0.29, 0.717) is 23.4 Å². The molecule has 0 aromatic heterocycles. The predicted molar refractivity (Wildman–Crippen MR) is 94.2 cm³/mol. The zero-order valence-corrected chi connectivity index (χ0v) is 16.3. The van der Waals surface area contributed by atoms with Gasteiger partial charge < -0.3 is 19.1 Å². The van der Waals surface area contributed by atoms with E-state index in [-0.39, 0.29) is 12.4 Å². The first-order valence-electron chi connectivity index (χ1n) is 9.33. The third kappa shape index (κ3) is 14.5. The minimum absolute atomic E-state index is 0.241. The first-order valence-corrected chi connectivity index (χ1v) is 9.33. The third-order valence-corrected chi connectivity index (χ3v) is 4.07. The quantitative estimate of drug-likeness (QED) is 0.276. The highest BCUT2D eigenvalue weighted by Gasteiger charge is 2.22. The number of esters is 1. The Labute approximate surface area is 148 Å². The maximum atomic E-state index is 12.0. The Morgan fingerprint density at radius 1 is 1.04 bits per heavy atom. The van der Waals surface area contributed by atoms with Crippen LogP contribution in [0.1, 0.15) is 71.6 Å². The third-order valence-electron chi connectivity index (χ3n) is 4.07. The van der Waals surface area contributed by atoms with E-state index < -0.39 is 12.1 Å². The molecule has 0 fully saturated rings. The number of hydrogen-bond acceptors (Lipinski definition) is 4. The minimum atomic E-state index is -1.18. The number of carboxylic acids is 1. The summed E-state index contributed by atoms with van der Waals surface area (Å²) >= 11 is 0. The van der Waals surface area contributed by atoms with E-state index in [0.717, 1.165) is 12.8 Å². The Bertz CT molecular complexity index is 363. The summed E-state index contributed by atoms with van der Waals surface area (Å²) in [6, 6.07) is 0. The highest BCUT2D eigenvalue weighted by atomic mass is 16.5. The molecule has 2 atom stereocenters. The second-order valence-corrected chi connectivity index (χ2v) is 8.01. The van der Waals surface area contributed by atoms with Crippen LogP contribution in [0.2, 0.25) is 0 Å². The first kappa shape index (κ1) is 22.9. The molecule has 0 aliphatic heterocycles. The van der Waals surface area contributed by atoms with E-state index in [9.17, 15) is 14.7 Å². The average Bonchev–Trinajstić information content (AvgIpc) is 2.40. The number of rotatable bonds is 14. The SMILES string of the molecule is CCCCCCC(C)CCCC(=O)OC(CC(=O)[O-])C[N+](C)(C)C. The number of hydrogen-bond donors (Lipinski definition) is 0. The molecule has 0 aromatic carbocycles. The molecule has 0 N–H and O–H groups in total. The molecule has 0 saturated carbocycles. The predicted octanol–water partition coefficient (Wildman–Crippen LogP) is 2.52. The highest BCUT2D eigenvalue weighted by molar-refractivity contribution is 5.70. The van der Waals surface area contributed by atoms with Crippen molar-refractivity contribution in [3.05, 3.63) is 0 Å². The van der Waals surface area contributed by atoms with Gasteiger partial charge in [0.2, 0.25) is 0 Å².